The number of para-hydroxylation sites is 1. The molecule has 0 radical (unpaired) electrons. The number of aliphatic carboxylic acids is 1. The van der Waals surface area contributed by atoms with Crippen molar-refractivity contribution in [3.63, 3.8) is 0 Å². The van der Waals surface area contributed by atoms with E-state index in [1.165, 1.54) is 6.07 Å². The molecule has 0 heterocycles. The number of carbonyl (C=O) groups is 1. The fourth-order valence-corrected chi connectivity index (χ4v) is 1.41. The lowest BCUT2D eigenvalue weighted by atomic mass is 10.2. The number of benzene rings is 1. The van der Waals surface area contributed by atoms with Crippen LogP contribution < -0.4 is 4.74 Å². The van der Waals surface area contributed by atoms with Crippen LogP contribution >= 0.6 is 0 Å². The van der Waals surface area contributed by atoms with Gasteiger partial charge in [-0.3, -0.25) is 10.1 Å². The number of rotatable bonds is 5. The van der Waals surface area contributed by atoms with E-state index in [1.807, 2.05) is 0 Å². The van der Waals surface area contributed by atoms with Crippen LogP contribution in [0.5, 0.6) is 5.75 Å². The third-order valence-corrected chi connectivity index (χ3v) is 2.20. The number of nitro groups is 1. The van der Waals surface area contributed by atoms with Gasteiger partial charge >= 0.3 is 11.7 Å². The second-order valence-electron chi connectivity index (χ2n) is 3.80. The van der Waals surface area contributed by atoms with E-state index in [1.54, 1.807) is 26.0 Å². The Kier molecular flexibility index (Phi) is 4.42. The van der Waals surface area contributed by atoms with E-state index in [2.05, 4.69) is 0 Å². The topological polar surface area (TPSA) is 89.7 Å². The van der Waals surface area contributed by atoms with E-state index in [9.17, 15) is 14.9 Å². The Morgan fingerprint density at radius 1 is 1.56 bits per heavy atom. The zero-order valence-electron chi connectivity index (χ0n) is 10.0. The number of carboxylic acids is 1. The smallest absolute Gasteiger partial charge is 0.328 e. The van der Waals surface area contributed by atoms with Gasteiger partial charge in [-0.15, -0.1) is 0 Å². The van der Waals surface area contributed by atoms with Gasteiger partial charge in [-0.25, -0.2) is 4.79 Å². The zero-order valence-corrected chi connectivity index (χ0v) is 10.0. The molecule has 0 aliphatic rings. The minimum absolute atomic E-state index is 0.00199. The SMILES string of the molecule is C/C(=C/C(=O)O)COc1c(C)cccc1[N+](=O)[O-]. The summed E-state index contributed by atoms with van der Waals surface area (Å²) in [6, 6.07) is 4.61. The molecule has 0 aromatic heterocycles. The number of aryl methyl sites for hydroxylation is 1. The van der Waals surface area contributed by atoms with Gasteiger partial charge < -0.3 is 9.84 Å². The Labute approximate surface area is 104 Å². The van der Waals surface area contributed by atoms with Gasteiger partial charge in [-0.2, -0.15) is 0 Å². The maximum absolute atomic E-state index is 10.8. The van der Waals surface area contributed by atoms with Crippen LogP contribution in [-0.4, -0.2) is 22.6 Å². The first-order valence-corrected chi connectivity index (χ1v) is 5.18. The first-order chi connectivity index (χ1) is 8.41. The molecular weight excluding hydrogens is 238 g/mol. The maximum Gasteiger partial charge on any atom is 0.328 e. The van der Waals surface area contributed by atoms with E-state index in [4.69, 9.17) is 9.84 Å². The molecule has 1 aromatic rings. The van der Waals surface area contributed by atoms with Crippen LogP contribution in [0.2, 0.25) is 0 Å². The highest BCUT2D eigenvalue weighted by atomic mass is 16.6. The Morgan fingerprint density at radius 3 is 2.78 bits per heavy atom. The first-order valence-electron chi connectivity index (χ1n) is 5.18. The number of ether oxygens (including phenoxy) is 1. The monoisotopic (exact) mass is 251 g/mol. The van der Waals surface area contributed by atoms with Gasteiger partial charge in [0.15, 0.2) is 5.75 Å². The van der Waals surface area contributed by atoms with Crippen LogP contribution in [0, 0.1) is 17.0 Å². The van der Waals surface area contributed by atoms with E-state index in [0.717, 1.165) is 6.08 Å². The van der Waals surface area contributed by atoms with Crippen molar-refractivity contribution in [3.8, 4) is 5.75 Å². The van der Waals surface area contributed by atoms with Gasteiger partial charge in [0.2, 0.25) is 0 Å². The molecule has 96 valence electrons. The van der Waals surface area contributed by atoms with Crippen molar-refractivity contribution in [2.45, 2.75) is 13.8 Å². The molecule has 0 aliphatic carbocycles. The first kappa shape index (κ1) is 13.7. The number of hydrogen-bond donors (Lipinski definition) is 1. The van der Waals surface area contributed by atoms with Crippen LogP contribution in [0.4, 0.5) is 5.69 Å². The highest BCUT2D eigenvalue weighted by molar-refractivity contribution is 5.80. The van der Waals surface area contributed by atoms with Gasteiger partial charge in [0.05, 0.1) is 4.92 Å². The molecule has 6 heteroatoms. The Balaban J connectivity index is 2.91. The maximum atomic E-state index is 10.8. The van der Waals surface area contributed by atoms with Gasteiger partial charge in [-0.05, 0) is 25.0 Å². The molecule has 0 unspecified atom stereocenters. The zero-order chi connectivity index (χ0) is 13.7. The normalized spacial score (nSPS) is 11.1. The summed E-state index contributed by atoms with van der Waals surface area (Å²) in [6.07, 6.45) is 1.00. The van der Waals surface area contributed by atoms with Crippen LogP contribution in [-0.2, 0) is 4.79 Å². The molecule has 0 spiro atoms. The Hall–Kier alpha value is -2.37. The standard InChI is InChI=1S/C12H13NO5/c1-8(6-11(14)15)7-18-12-9(2)4-3-5-10(12)13(16)17/h3-6H,7H2,1-2H3,(H,14,15)/b8-6-. The lowest BCUT2D eigenvalue weighted by molar-refractivity contribution is -0.385. The molecule has 1 N–H and O–H groups in total. The van der Waals surface area contributed by atoms with Gasteiger partial charge in [-0.1, -0.05) is 12.1 Å². The van der Waals surface area contributed by atoms with Crippen molar-refractivity contribution >= 4 is 11.7 Å². The summed E-state index contributed by atoms with van der Waals surface area (Å²) < 4.78 is 5.32. The van der Waals surface area contributed by atoms with Crippen LogP contribution in [0.3, 0.4) is 0 Å². The van der Waals surface area contributed by atoms with E-state index in [0.29, 0.717) is 11.1 Å². The highest BCUT2D eigenvalue weighted by Gasteiger charge is 2.16. The lowest BCUT2D eigenvalue weighted by Gasteiger charge is -2.09. The summed E-state index contributed by atoms with van der Waals surface area (Å²) in [6.45, 7) is 3.27. The summed E-state index contributed by atoms with van der Waals surface area (Å²) in [5.41, 5.74) is 0.977. The van der Waals surface area contributed by atoms with E-state index < -0.39 is 10.9 Å². The molecule has 0 atom stereocenters. The summed E-state index contributed by atoms with van der Waals surface area (Å²) in [7, 11) is 0. The highest BCUT2D eigenvalue weighted by Crippen LogP contribution is 2.30. The number of carboxylic acid groups (broad SMARTS) is 1. The molecule has 0 fully saturated rings. The quantitative estimate of drug-likeness (QED) is 0.492. The molecule has 0 amide bonds. The molecule has 1 rings (SSSR count). The third kappa shape index (κ3) is 3.58. The largest absolute Gasteiger partial charge is 0.482 e. The molecule has 0 saturated carbocycles. The van der Waals surface area contributed by atoms with Gasteiger partial charge in [0.25, 0.3) is 0 Å². The second kappa shape index (κ2) is 5.81. The van der Waals surface area contributed by atoms with Gasteiger partial charge in [0, 0.05) is 12.1 Å². The van der Waals surface area contributed by atoms with Gasteiger partial charge in [0.1, 0.15) is 6.61 Å². The van der Waals surface area contributed by atoms with Crippen LogP contribution in [0.15, 0.2) is 29.8 Å². The molecule has 0 saturated heterocycles. The number of nitrogens with zero attached hydrogens (tertiary/aromatic N) is 1. The summed E-state index contributed by atoms with van der Waals surface area (Å²) >= 11 is 0. The van der Waals surface area contributed by atoms with Crippen molar-refractivity contribution in [2.24, 2.45) is 0 Å². The predicted molar refractivity (Wildman–Crippen MR) is 64.7 cm³/mol. The van der Waals surface area contributed by atoms with E-state index in [-0.39, 0.29) is 18.0 Å². The fourth-order valence-electron chi connectivity index (χ4n) is 1.41. The third-order valence-electron chi connectivity index (χ3n) is 2.20. The molecule has 6 nitrogen and oxygen atoms in total. The average Bonchev–Trinajstić information content (AvgIpc) is 2.25. The Bertz CT molecular complexity index is 507. The molecule has 0 aliphatic heterocycles. The molecular formula is C12H13NO5. The summed E-state index contributed by atoms with van der Waals surface area (Å²) in [5, 5.41) is 19.4. The lowest BCUT2D eigenvalue weighted by Crippen LogP contribution is -2.04. The minimum Gasteiger partial charge on any atom is -0.482 e. The number of hydrogen-bond acceptors (Lipinski definition) is 4. The van der Waals surface area contributed by atoms with Crippen molar-refractivity contribution in [2.75, 3.05) is 6.61 Å². The fraction of sp³-hybridized carbons (Fsp3) is 0.250. The van der Waals surface area contributed by atoms with Crippen molar-refractivity contribution in [1.29, 1.82) is 0 Å². The van der Waals surface area contributed by atoms with Crippen LogP contribution in [0.1, 0.15) is 12.5 Å². The minimum atomic E-state index is -1.07. The van der Waals surface area contributed by atoms with E-state index >= 15 is 0 Å². The number of nitro benzene ring substituents is 1. The molecule has 18 heavy (non-hydrogen) atoms. The molecule has 0 bridgehead atoms. The second-order valence-corrected chi connectivity index (χ2v) is 3.80. The van der Waals surface area contributed by atoms with Crippen molar-refractivity contribution < 1.29 is 19.6 Å². The molecule has 1 aromatic carbocycles. The predicted octanol–water partition coefficient (Wildman–Crippen LogP) is 2.31. The van der Waals surface area contributed by atoms with Crippen molar-refractivity contribution in [1.82, 2.24) is 0 Å². The summed E-state index contributed by atoms with van der Waals surface area (Å²) in [5.74, 6) is -0.906. The average molecular weight is 251 g/mol. The Morgan fingerprint density at radius 2 is 2.22 bits per heavy atom. The summed E-state index contributed by atoms with van der Waals surface area (Å²) in [4.78, 5) is 20.7. The van der Waals surface area contributed by atoms with Crippen LogP contribution in [0.25, 0.3) is 0 Å². The van der Waals surface area contributed by atoms with Crippen molar-refractivity contribution in [3.05, 3.63) is 45.5 Å².